The number of amides is 2. The summed E-state index contributed by atoms with van der Waals surface area (Å²) in [5, 5.41) is 17.9. The lowest BCUT2D eigenvalue weighted by atomic mass is 9.99. The van der Waals surface area contributed by atoms with Crippen LogP contribution in [0.25, 0.3) is 10.8 Å². The van der Waals surface area contributed by atoms with E-state index in [1.54, 1.807) is 0 Å². The first-order valence-corrected chi connectivity index (χ1v) is 12.2. The lowest BCUT2D eigenvalue weighted by Crippen LogP contribution is -2.60. The Bertz CT molecular complexity index is 1200. The Balaban J connectivity index is 1.27. The maximum Gasteiger partial charge on any atom is 0.407 e. The van der Waals surface area contributed by atoms with E-state index >= 15 is 0 Å². The summed E-state index contributed by atoms with van der Waals surface area (Å²) < 4.78 is 5.19. The lowest BCUT2D eigenvalue weighted by Gasteiger charge is -2.37. The summed E-state index contributed by atoms with van der Waals surface area (Å²) in [4.78, 5) is 38.7. The van der Waals surface area contributed by atoms with E-state index in [2.05, 4.69) is 10.6 Å². The highest BCUT2D eigenvalue weighted by Crippen LogP contribution is 2.20. The highest BCUT2D eigenvalue weighted by Gasteiger charge is 2.36. The molecule has 0 spiro atoms. The van der Waals surface area contributed by atoms with E-state index in [0.717, 1.165) is 21.9 Å². The van der Waals surface area contributed by atoms with Crippen LogP contribution in [0, 0.1) is 0 Å². The molecule has 1 aliphatic rings. The number of carboxylic acid groups (broad SMARTS) is 1. The molecule has 188 valence electrons. The van der Waals surface area contributed by atoms with Crippen molar-refractivity contribution >= 4 is 28.7 Å². The van der Waals surface area contributed by atoms with Crippen LogP contribution in [-0.4, -0.2) is 59.7 Å². The average Bonchev–Trinajstić information content (AvgIpc) is 2.90. The first-order chi connectivity index (χ1) is 17.5. The molecule has 3 N–H and O–H groups in total. The molecule has 1 fully saturated rings. The van der Waals surface area contributed by atoms with Gasteiger partial charge in [0.2, 0.25) is 5.91 Å². The normalized spacial score (nSPS) is 16.5. The predicted molar refractivity (Wildman–Crippen MR) is 136 cm³/mol. The third-order valence-corrected chi connectivity index (χ3v) is 6.38. The fourth-order valence-corrected chi connectivity index (χ4v) is 4.48. The fourth-order valence-electron chi connectivity index (χ4n) is 4.48. The minimum absolute atomic E-state index is 0.193. The molecular weight excluding hydrogens is 458 g/mol. The Morgan fingerprint density at radius 3 is 2.56 bits per heavy atom. The number of ether oxygens (including phenoxy) is 1. The van der Waals surface area contributed by atoms with Crippen molar-refractivity contribution in [3.05, 3.63) is 83.9 Å². The number of carbonyl (C=O) groups is 3. The topological polar surface area (TPSA) is 108 Å². The highest BCUT2D eigenvalue weighted by atomic mass is 16.5. The van der Waals surface area contributed by atoms with Crippen LogP contribution in [0.5, 0.6) is 0 Å². The van der Waals surface area contributed by atoms with Crippen LogP contribution >= 0.6 is 0 Å². The summed E-state index contributed by atoms with van der Waals surface area (Å²) in [5.41, 5.74) is 1.78. The number of piperazine rings is 1. The Morgan fingerprint density at radius 2 is 1.78 bits per heavy atom. The van der Waals surface area contributed by atoms with Crippen LogP contribution in [0.2, 0.25) is 0 Å². The molecule has 3 aromatic carbocycles. The highest BCUT2D eigenvalue weighted by molar-refractivity contribution is 5.88. The first-order valence-electron chi connectivity index (χ1n) is 12.2. The molecule has 3 aromatic rings. The number of hydrogen-bond donors (Lipinski definition) is 3. The minimum Gasteiger partial charge on any atom is -0.480 e. The maximum atomic E-state index is 13.1. The summed E-state index contributed by atoms with van der Waals surface area (Å²) in [6.07, 6.45) is 0.772. The van der Waals surface area contributed by atoms with Crippen molar-refractivity contribution in [2.24, 2.45) is 0 Å². The molecule has 8 nitrogen and oxygen atoms in total. The molecule has 4 rings (SSSR count). The van der Waals surface area contributed by atoms with Gasteiger partial charge in [-0.05, 0) is 34.7 Å². The van der Waals surface area contributed by atoms with E-state index in [9.17, 15) is 19.5 Å². The van der Waals surface area contributed by atoms with Crippen LogP contribution < -0.4 is 10.6 Å². The second kappa shape index (κ2) is 12.2. The van der Waals surface area contributed by atoms with E-state index in [4.69, 9.17) is 4.74 Å². The largest absolute Gasteiger partial charge is 0.480 e. The average molecular weight is 490 g/mol. The van der Waals surface area contributed by atoms with E-state index in [1.807, 2.05) is 72.8 Å². The number of nitrogens with one attached hydrogen (secondary N) is 2. The van der Waals surface area contributed by atoms with Gasteiger partial charge >= 0.3 is 12.1 Å². The van der Waals surface area contributed by atoms with Gasteiger partial charge in [-0.15, -0.1) is 0 Å². The number of benzene rings is 3. The summed E-state index contributed by atoms with van der Waals surface area (Å²) in [7, 11) is 0. The summed E-state index contributed by atoms with van der Waals surface area (Å²) in [6, 6.07) is 21.8. The first kappa shape index (κ1) is 25.2. The van der Waals surface area contributed by atoms with Gasteiger partial charge in [0.15, 0.2) is 0 Å². The van der Waals surface area contributed by atoms with Crippen LogP contribution in [0.1, 0.15) is 24.0 Å². The number of fused-ring (bicyclic) bond motifs is 1. The number of nitrogens with zero attached hydrogens (tertiary/aromatic N) is 1. The Morgan fingerprint density at radius 1 is 1.03 bits per heavy atom. The van der Waals surface area contributed by atoms with Crippen LogP contribution in [0.15, 0.2) is 72.8 Å². The van der Waals surface area contributed by atoms with Gasteiger partial charge in [-0.1, -0.05) is 72.8 Å². The Labute approximate surface area is 210 Å². The second-order valence-corrected chi connectivity index (χ2v) is 8.91. The maximum absolute atomic E-state index is 13.1. The fraction of sp³-hybridized carbons (Fsp3) is 0.321. The van der Waals surface area contributed by atoms with Gasteiger partial charge < -0.3 is 25.4 Å². The minimum atomic E-state index is -1.01. The molecule has 0 radical (unpaired) electrons. The van der Waals surface area contributed by atoms with Crippen molar-refractivity contribution in [3.8, 4) is 0 Å². The van der Waals surface area contributed by atoms with Gasteiger partial charge in [0.1, 0.15) is 12.6 Å². The molecule has 2 atom stereocenters. The number of hydrogen-bond acceptors (Lipinski definition) is 5. The SMILES string of the molecule is O=C(NCCCC1NCCN(C(Cc2ccc3ccccc3c2)C(=O)O)C1=O)OCc1ccccc1. The Kier molecular flexibility index (Phi) is 8.52. The standard InChI is InChI=1S/C28H31N3O5/c32-26-24(11-6-14-30-28(35)36-19-20-7-2-1-3-8-20)29-15-16-31(26)25(27(33)34)18-21-12-13-22-9-4-5-10-23(22)17-21/h1-5,7-10,12-13,17,24-25,29H,6,11,14-16,18-19H2,(H,30,35)(H,33,34). The van der Waals surface area contributed by atoms with Crippen LogP contribution in [0.4, 0.5) is 4.79 Å². The number of alkyl carbamates (subject to hydrolysis) is 1. The van der Waals surface area contributed by atoms with Gasteiger partial charge in [0, 0.05) is 26.1 Å². The summed E-state index contributed by atoms with van der Waals surface area (Å²) in [6.45, 7) is 1.41. The quantitative estimate of drug-likeness (QED) is 0.377. The van der Waals surface area contributed by atoms with Crippen LogP contribution in [-0.2, 0) is 27.4 Å². The third-order valence-electron chi connectivity index (χ3n) is 6.38. The third kappa shape index (κ3) is 6.60. The van der Waals surface area contributed by atoms with Gasteiger partial charge in [-0.2, -0.15) is 0 Å². The van der Waals surface area contributed by atoms with Crippen molar-refractivity contribution in [3.63, 3.8) is 0 Å². The number of rotatable bonds is 10. The van der Waals surface area contributed by atoms with Crippen molar-refractivity contribution in [2.45, 2.75) is 38.0 Å². The van der Waals surface area contributed by atoms with E-state index in [0.29, 0.717) is 32.5 Å². The molecule has 2 unspecified atom stereocenters. The summed E-state index contributed by atoms with van der Waals surface area (Å²) >= 11 is 0. The zero-order valence-corrected chi connectivity index (χ0v) is 20.1. The number of carbonyl (C=O) groups excluding carboxylic acids is 2. The second-order valence-electron chi connectivity index (χ2n) is 8.91. The van der Waals surface area contributed by atoms with Crippen LogP contribution in [0.3, 0.4) is 0 Å². The lowest BCUT2D eigenvalue weighted by molar-refractivity contribution is -0.152. The predicted octanol–water partition coefficient (Wildman–Crippen LogP) is 3.34. The van der Waals surface area contributed by atoms with Crippen molar-refractivity contribution in [1.82, 2.24) is 15.5 Å². The number of carboxylic acids is 1. The molecule has 0 saturated carbocycles. The zero-order chi connectivity index (χ0) is 25.3. The molecular formula is C28H31N3O5. The van der Waals surface area contributed by atoms with E-state index in [-0.39, 0.29) is 18.9 Å². The summed E-state index contributed by atoms with van der Waals surface area (Å²) in [5.74, 6) is -1.24. The molecule has 0 aromatic heterocycles. The molecule has 0 aliphatic carbocycles. The molecule has 1 heterocycles. The monoisotopic (exact) mass is 489 g/mol. The molecule has 1 aliphatic heterocycles. The molecule has 2 amide bonds. The Hall–Kier alpha value is -3.91. The van der Waals surface area contributed by atoms with Crippen molar-refractivity contribution < 1.29 is 24.2 Å². The van der Waals surface area contributed by atoms with Gasteiger partial charge in [0.25, 0.3) is 0 Å². The van der Waals surface area contributed by atoms with E-state index < -0.39 is 24.1 Å². The molecule has 36 heavy (non-hydrogen) atoms. The smallest absolute Gasteiger partial charge is 0.407 e. The van der Waals surface area contributed by atoms with E-state index in [1.165, 1.54) is 4.90 Å². The van der Waals surface area contributed by atoms with Gasteiger partial charge in [-0.3, -0.25) is 4.79 Å². The van der Waals surface area contributed by atoms with Gasteiger partial charge in [-0.25, -0.2) is 9.59 Å². The zero-order valence-electron chi connectivity index (χ0n) is 20.1. The molecule has 0 bridgehead atoms. The molecule has 1 saturated heterocycles. The van der Waals surface area contributed by atoms with Crippen molar-refractivity contribution in [2.75, 3.05) is 19.6 Å². The molecule has 8 heteroatoms. The van der Waals surface area contributed by atoms with Gasteiger partial charge in [0.05, 0.1) is 6.04 Å². The number of aliphatic carboxylic acids is 1. The van der Waals surface area contributed by atoms with Crippen molar-refractivity contribution in [1.29, 1.82) is 0 Å².